The van der Waals surface area contributed by atoms with Gasteiger partial charge in [0.15, 0.2) is 0 Å². The Bertz CT molecular complexity index is 865. The van der Waals surface area contributed by atoms with Crippen LogP contribution >= 0.6 is 0 Å². The molecular weight excluding hydrogens is 314 g/mol. The first-order valence-electron chi connectivity index (χ1n) is 8.28. The molecule has 0 unspecified atom stereocenters. The molecule has 1 fully saturated rings. The number of hydrogen-bond donors (Lipinski definition) is 2. The summed E-state index contributed by atoms with van der Waals surface area (Å²) in [7, 11) is 1.65. The van der Waals surface area contributed by atoms with Crippen molar-refractivity contribution >= 4 is 17.5 Å². The summed E-state index contributed by atoms with van der Waals surface area (Å²) in [5.74, 6) is 2.10. The lowest BCUT2D eigenvalue weighted by molar-refractivity contribution is 0.417. The van der Waals surface area contributed by atoms with Crippen LogP contribution in [0.3, 0.4) is 0 Å². The number of rotatable bonds is 6. The van der Waals surface area contributed by atoms with Gasteiger partial charge in [-0.1, -0.05) is 12.1 Å². The quantitative estimate of drug-likeness (QED) is 0.713. The van der Waals surface area contributed by atoms with Gasteiger partial charge in [0.05, 0.1) is 18.5 Å². The van der Waals surface area contributed by atoms with E-state index in [1.54, 1.807) is 19.5 Å². The summed E-state index contributed by atoms with van der Waals surface area (Å²) in [6, 6.07) is 14.0. The minimum Gasteiger partial charge on any atom is -0.495 e. The Morgan fingerprint density at radius 3 is 2.72 bits per heavy atom. The second-order valence-electron chi connectivity index (χ2n) is 5.95. The van der Waals surface area contributed by atoms with E-state index in [0.717, 1.165) is 35.5 Å². The van der Waals surface area contributed by atoms with Gasteiger partial charge in [-0.2, -0.15) is 4.98 Å². The van der Waals surface area contributed by atoms with Gasteiger partial charge in [-0.25, -0.2) is 4.98 Å². The molecule has 0 saturated heterocycles. The zero-order valence-corrected chi connectivity index (χ0v) is 13.9. The highest BCUT2D eigenvalue weighted by molar-refractivity contribution is 5.69. The molecule has 3 aromatic rings. The highest BCUT2D eigenvalue weighted by atomic mass is 16.5. The number of pyridine rings is 1. The molecular formula is C19H19N5O. The highest BCUT2D eigenvalue weighted by Crippen LogP contribution is 2.30. The fourth-order valence-corrected chi connectivity index (χ4v) is 2.53. The van der Waals surface area contributed by atoms with Crippen LogP contribution in [0.2, 0.25) is 0 Å². The van der Waals surface area contributed by atoms with Crippen LogP contribution in [0.1, 0.15) is 12.8 Å². The lowest BCUT2D eigenvalue weighted by Crippen LogP contribution is -2.08. The Balaban J connectivity index is 1.70. The average molecular weight is 333 g/mol. The number of nitrogens with one attached hydrogen (secondary N) is 2. The van der Waals surface area contributed by atoms with Crippen LogP contribution in [0.4, 0.5) is 17.5 Å². The van der Waals surface area contributed by atoms with Gasteiger partial charge in [-0.3, -0.25) is 4.98 Å². The minimum atomic E-state index is 0.475. The Labute approximate surface area is 146 Å². The van der Waals surface area contributed by atoms with Gasteiger partial charge in [-0.15, -0.1) is 0 Å². The summed E-state index contributed by atoms with van der Waals surface area (Å²) in [5, 5.41) is 6.70. The Morgan fingerprint density at radius 1 is 1.08 bits per heavy atom. The molecule has 6 nitrogen and oxygen atoms in total. The van der Waals surface area contributed by atoms with Gasteiger partial charge in [0.1, 0.15) is 11.6 Å². The SMILES string of the molecule is COc1ccccc1Nc1cc(-c2cccnc2)nc(NC2CC2)n1. The minimum absolute atomic E-state index is 0.475. The molecule has 4 rings (SSSR count). The van der Waals surface area contributed by atoms with Crippen molar-refractivity contribution in [3.05, 3.63) is 54.9 Å². The molecule has 1 aliphatic carbocycles. The number of anilines is 3. The van der Waals surface area contributed by atoms with Gasteiger partial charge in [0.2, 0.25) is 5.95 Å². The van der Waals surface area contributed by atoms with Gasteiger partial charge in [-0.05, 0) is 37.1 Å². The van der Waals surface area contributed by atoms with Crippen LogP contribution < -0.4 is 15.4 Å². The van der Waals surface area contributed by atoms with Gasteiger partial charge >= 0.3 is 0 Å². The van der Waals surface area contributed by atoms with Crippen molar-refractivity contribution in [2.24, 2.45) is 0 Å². The number of nitrogens with zero attached hydrogens (tertiary/aromatic N) is 3. The molecule has 2 heterocycles. The van der Waals surface area contributed by atoms with E-state index in [9.17, 15) is 0 Å². The monoisotopic (exact) mass is 333 g/mol. The molecule has 1 saturated carbocycles. The van der Waals surface area contributed by atoms with Crippen molar-refractivity contribution in [2.45, 2.75) is 18.9 Å². The first kappa shape index (κ1) is 15.4. The van der Waals surface area contributed by atoms with Crippen LogP contribution in [0.15, 0.2) is 54.9 Å². The van der Waals surface area contributed by atoms with E-state index in [4.69, 9.17) is 4.74 Å². The fourth-order valence-electron chi connectivity index (χ4n) is 2.53. The highest BCUT2D eigenvalue weighted by Gasteiger charge is 2.22. The molecule has 0 amide bonds. The molecule has 6 heteroatoms. The number of aromatic nitrogens is 3. The van der Waals surface area contributed by atoms with E-state index in [0.29, 0.717) is 17.8 Å². The number of hydrogen-bond acceptors (Lipinski definition) is 6. The molecule has 25 heavy (non-hydrogen) atoms. The third kappa shape index (κ3) is 3.68. The average Bonchev–Trinajstić information content (AvgIpc) is 3.47. The zero-order chi connectivity index (χ0) is 17.1. The standard InChI is InChI=1S/C19H19N5O/c1-25-17-7-3-2-6-15(17)22-18-11-16(13-5-4-10-20-12-13)23-19(24-18)21-14-8-9-14/h2-7,10-12,14H,8-9H2,1H3,(H2,21,22,23,24). The number of benzene rings is 1. The van der Waals surface area contributed by atoms with Gasteiger partial charge < -0.3 is 15.4 Å². The fraction of sp³-hybridized carbons (Fsp3) is 0.211. The maximum Gasteiger partial charge on any atom is 0.225 e. The van der Waals surface area contributed by atoms with Crippen LogP contribution in [0.25, 0.3) is 11.3 Å². The topological polar surface area (TPSA) is 72.0 Å². The van der Waals surface area contributed by atoms with Crippen molar-refractivity contribution in [1.82, 2.24) is 15.0 Å². The second-order valence-corrected chi connectivity index (χ2v) is 5.95. The first-order chi connectivity index (χ1) is 12.3. The number of para-hydroxylation sites is 2. The van der Waals surface area contributed by atoms with E-state index in [1.165, 1.54) is 0 Å². The number of ether oxygens (including phenoxy) is 1. The number of methoxy groups -OCH3 is 1. The van der Waals surface area contributed by atoms with Crippen molar-refractivity contribution < 1.29 is 4.74 Å². The van der Waals surface area contributed by atoms with Crippen LogP contribution in [-0.2, 0) is 0 Å². The van der Waals surface area contributed by atoms with Gasteiger partial charge in [0.25, 0.3) is 0 Å². The summed E-state index contributed by atoms with van der Waals surface area (Å²) < 4.78 is 5.41. The molecule has 0 spiro atoms. The molecule has 0 atom stereocenters. The van der Waals surface area contributed by atoms with Crippen molar-refractivity contribution in [1.29, 1.82) is 0 Å². The Hall–Kier alpha value is -3.15. The Kier molecular flexibility index (Phi) is 4.16. The summed E-state index contributed by atoms with van der Waals surface area (Å²) >= 11 is 0. The predicted octanol–water partition coefficient (Wildman–Crippen LogP) is 3.87. The van der Waals surface area contributed by atoms with E-state index in [-0.39, 0.29) is 0 Å². The first-order valence-corrected chi connectivity index (χ1v) is 8.28. The van der Waals surface area contributed by atoms with Crippen molar-refractivity contribution in [3.63, 3.8) is 0 Å². The van der Waals surface area contributed by atoms with Crippen molar-refractivity contribution in [2.75, 3.05) is 17.7 Å². The molecule has 126 valence electrons. The maximum atomic E-state index is 5.41. The third-order valence-electron chi connectivity index (χ3n) is 3.96. The summed E-state index contributed by atoms with van der Waals surface area (Å²) in [6.45, 7) is 0. The van der Waals surface area contributed by atoms with Crippen LogP contribution in [0.5, 0.6) is 5.75 Å². The van der Waals surface area contributed by atoms with Crippen LogP contribution in [-0.4, -0.2) is 28.1 Å². The van der Waals surface area contributed by atoms with Gasteiger partial charge in [0, 0.05) is 30.1 Å². The summed E-state index contributed by atoms with van der Waals surface area (Å²) in [6.07, 6.45) is 5.88. The zero-order valence-electron chi connectivity index (χ0n) is 13.9. The largest absolute Gasteiger partial charge is 0.495 e. The Morgan fingerprint density at radius 2 is 1.96 bits per heavy atom. The third-order valence-corrected chi connectivity index (χ3v) is 3.96. The van der Waals surface area contributed by atoms with E-state index >= 15 is 0 Å². The predicted molar refractivity (Wildman–Crippen MR) is 98.2 cm³/mol. The summed E-state index contributed by atoms with van der Waals surface area (Å²) in [4.78, 5) is 13.4. The molecule has 1 aromatic carbocycles. The van der Waals surface area contributed by atoms with E-state index < -0.39 is 0 Å². The lowest BCUT2D eigenvalue weighted by atomic mass is 10.2. The second kappa shape index (κ2) is 6.76. The molecule has 2 aromatic heterocycles. The summed E-state index contributed by atoms with van der Waals surface area (Å²) in [5.41, 5.74) is 2.63. The van der Waals surface area contributed by atoms with E-state index in [1.807, 2.05) is 42.5 Å². The molecule has 0 aliphatic heterocycles. The lowest BCUT2D eigenvalue weighted by Gasteiger charge is -2.13. The maximum absolute atomic E-state index is 5.41. The van der Waals surface area contributed by atoms with Crippen molar-refractivity contribution in [3.8, 4) is 17.0 Å². The smallest absolute Gasteiger partial charge is 0.225 e. The van der Waals surface area contributed by atoms with Crippen LogP contribution in [0, 0.1) is 0 Å². The van der Waals surface area contributed by atoms with E-state index in [2.05, 4.69) is 25.6 Å². The molecule has 0 bridgehead atoms. The molecule has 0 radical (unpaired) electrons. The molecule has 1 aliphatic rings. The molecule has 2 N–H and O–H groups in total. The normalized spacial score (nSPS) is 13.3.